The van der Waals surface area contributed by atoms with Gasteiger partial charge < -0.3 is 19.1 Å². The lowest BCUT2D eigenvalue weighted by molar-refractivity contribution is -0.142. The lowest BCUT2D eigenvalue weighted by atomic mass is 10.0. The molecule has 0 aromatic heterocycles. The second-order valence-corrected chi connectivity index (χ2v) is 6.36. The molecule has 1 aliphatic rings. The van der Waals surface area contributed by atoms with Gasteiger partial charge in [-0.2, -0.15) is 0 Å². The number of para-hydroxylation sites is 1. The van der Waals surface area contributed by atoms with E-state index in [1.165, 1.54) is 6.08 Å². The van der Waals surface area contributed by atoms with Crippen molar-refractivity contribution in [2.75, 3.05) is 32.3 Å². The molecule has 0 saturated carbocycles. The topological polar surface area (TPSA) is 65.1 Å². The number of carbonyl (C=O) groups is 2. The van der Waals surface area contributed by atoms with E-state index < -0.39 is 5.97 Å². The highest BCUT2D eigenvalue weighted by Crippen LogP contribution is 2.26. The standard InChI is InChI=1S/C22H23NO5/c1-26-18-12-16(13-19(14-18)27-2)9-10-22(25)28-15-21(24)23-11-5-7-17-6-3-4-8-20(17)23/h3-4,6,8-10,12-14H,5,7,11,15H2,1-2H3/b10-9+. The van der Waals surface area contributed by atoms with Crippen molar-refractivity contribution in [3.8, 4) is 11.5 Å². The Bertz CT molecular complexity index is 868. The molecule has 0 aliphatic carbocycles. The molecule has 1 amide bonds. The van der Waals surface area contributed by atoms with Crippen molar-refractivity contribution in [3.63, 3.8) is 0 Å². The number of fused-ring (bicyclic) bond motifs is 1. The van der Waals surface area contributed by atoms with Crippen LogP contribution < -0.4 is 14.4 Å². The smallest absolute Gasteiger partial charge is 0.331 e. The third-order valence-corrected chi connectivity index (χ3v) is 4.53. The molecule has 2 aromatic rings. The molecule has 0 radical (unpaired) electrons. The summed E-state index contributed by atoms with van der Waals surface area (Å²) >= 11 is 0. The highest BCUT2D eigenvalue weighted by Gasteiger charge is 2.22. The van der Waals surface area contributed by atoms with Crippen molar-refractivity contribution in [2.45, 2.75) is 12.8 Å². The summed E-state index contributed by atoms with van der Waals surface area (Å²) in [5.41, 5.74) is 2.76. The van der Waals surface area contributed by atoms with E-state index in [1.807, 2.05) is 24.3 Å². The number of rotatable bonds is 6. The van der Waals surface area contributed by atoms with Crippen LogP contribution in [0.2, 0.25) is 0 Å². The van der Waals surface area contributed by atoms with Crippen LogP contribution in [0.25, 0.3) is 6.08 Å². The Morgan fingerprint density at radius 1 is 1.07 bits per heavy atom. The second-order valence-electron chi connectivity index (χ2n) is 6.36. The van der Waals surface area contributed by atoms with Crippen LogP contribution >= 0.6 is 0 Å². The molecule has 1 aliphatic heterocycles. The maximum absolute atomic E-state index is 12.5. The molecular weight excluding hydrogens is 358 g/mol. The highest BCUT2D eigenvalue weighted by atomic mass is 16.5. The van der Waals surface area contributed by atoms with E-state index in [-0.39, 0.29) is 12.5 Å². The van der Waals surface area contributed by atoms with Gasteiger partial charge in [0.1, 0.15) is 11.5 Å². The average Bonchev–Trinajstić information content (AvgIpc) is 2.75. The summed E-state index contributed by atoms with van der Waals surface area (Å²) in [7, 11) is 3.11. The Morgan fingerprint density at radius 2 is 1.79 bits per heavy atom. The van der Waals surface area contributed by atoms with Crippen LogP contribution in [-0.2, 0) is 20.7 Å². The average molecular weight is 381 g/mol. The number of carbonyl (C=O) groups excluding carboxylic acids is 2. The molecule has 3 rings (SSSR count). The van der Waals surface area contributed by atoms with Gasteiger partial charge in [0.15, 0.2) is 6.61 Å². The monoisotopic (exact) mass is 381 g/mol. The van der Waals surface area contributed by atoms with E-state index in [0.717, 1.165) is 29.7 Å². The number of methoxy groups -OCH3 is 2. The fraction of sp³-hybridized carbons (Fsp3) is 0.273. The molecule has 6 nitrogen and oxygen atoms in total. The van der Waals surface area contributed by atoms with Crippen molar-refractivity contribution < 1.29 is 23.8 Å². The van der Waals surface area contributed by atoms with Crippen LogP contribution in [0.15, 0.2) is 48.5 Å². The maximum atomic E-state index is 12.5. The van der Waals surface area contributed by atoms with E-state index in [2.05, 4.69) is 0 Å². The molecule has 2 aromatic carbocycles. The summed E-state index contributed by atoms with van der Waals surface area (Å²) in [6.07, 6.45) is 4.72. The summed E-state index contributed by atoms with van der Waals surface area (Å²) < 4.78 is 15.5. The van der Waals surface area contributed by atoms with Gasteiger partial charge >= 0.3 is 5.97 Å². The molecule has 28 heavy (non-hydrogen) atoms. The van der Waals surface area contributed by atoms with Gasteiger partial charge in [-0.1, -0.05) is 18.2 Å². The zero-order valence-corrected chi connectivity index (χ0v) is 16.0. The molecule has 146 valence electrons. The fourth-order valence-electron chi connectivity index (χ4n) is 3.14. The van der Waals surface area contributed by atoms with Gasteiger partial charge in [-0.25, -0.2) is 4.79 Å². The number of amides is 1. The minimum absolute atomic E-state index is 0.225. The SMILES string of the molecule is COc1cc(/C=C/C(=O)OCC(=O)N2CCCc3ccccc32)cc(OC)c1. The van der Waals surface area contributed by atoms with Crippen LogP contribution in [0.1, 0.15) is 17.5 Å². The predicted molar refractivity (Wildman–Crippen MR) is 107 cm³/mol. The Hall–Kier alpha value is -3.28. The van der Waals surface area contributed by atoms with Gasteiger partial charge in [0.2, 0.25) is 0 Å². The van der Waals surface area contributed by atoms with Crippen LogP contribution in [0, 0.1) is 0 Å². The van der Waals surface area contributed by atoms with Gasteiger partial charge in [-0.15, -0.1) is 0 Å². The van der Waals surface area contributed by atoms with Gasteiger partial charge in [0, 0.05) is 24.4 Å². The third-order valence-electron chi connectivity index (χ3n) is 4.53. The Labute approximate surface area is 164 Å². The number of nitrogens with zero attached hydrogens (tertiary/aromatic N) is 1. The zero-order valence-electron chi connectivity index (χ0n) is 16.0. The first-order chi connectivity index (χ1) is 13.6. The van der Waals surface area contributed by atoms with E-state index in [4.69, 9.17) is 14.2 Å². The molecule has 0 spiro atoms. The maximum Gasteiger partial charge on any atom is 0.331 e. The summed E-state index contributed by atoms with van der Waals surface area (Å²) in [5.74, 6) is 0.426. The lowest BCUT2D eigenvalue weighted by Crippen LogP contribution is -2.38. The predicted octanol–water partition coefficient (Wildman–Crippen LogP) is 3.24. The summed E-state index contributed by atoms with van der Waals surface area (Å²) in [5, 5.41) is 0. The summed E-state index contributed by atoms with van der Waals surface area (Å²) in [4.78, 5) is 26.2. The molecule has 0 unspecified atom stereocenters. The number of esters is 1. The number of anilines is 1. The molecule has 0 bridgehead atoms. The van der Waals surface area contributed by atoms with Gasteiger partial charge in [0.25, 0.3) is 5.91 Å². The van der Waals surface area contributed by atoms with Crippen LogP contribution in [0.5, 0.6) is 11.5 Å². The van der Waals surface area contributed by atoms with Gasteiger partial charge in [0.05, 0.1) is 14.2 Å². The first-order valence-corrected chi connectivity index (χ1v) is 9.07. The molecular formula is C22H23NO5. The number of aryl methyl sites for hydroxylation is 1. The Balaban J connectivity index is 1.59. The fourth-order valence-corrected chi connectivity index (χ4v) is 3.14. The molecule has 0 atom stereocenters. The first-order valence-electron chi connectivity index (χ1n) is 9.07. The number of hydrogen-bond donors (Lipinski definition) is 0. The van der Waals surface area contributed by atoms with Crippen LogP contribution in [0.4, 0.5) is 5.69 Å². The van der Waals surface area contributed by atoms with Crippen LogP contribution in [0.3, 0.4) is 0 Å². The largest absolute Gasteiger partial charge is 0.497 e. The third kappa shape index (κ3) is 4.71. The van der Waals surface area contributed by atoms with Crippen molar-refractivity contribution in [3.05, 3.63) is 59.7 Å². The molecule has 0 fully saturated rings. The molecule has 0 saturated heterocycles. The van der Waals surface area contributed by atoms with E-state index in [9.17, 15) is 9.59 Å². The quantitative estimate of drug-likeness (QED) is 0.568. The van der Waals surface area contributed by atoms with E-state index in [1.54, 1.807) is 43.4 Å². The zero-order chi connectivity index (χ0) is 19.9. The van der Waals surface area contributed by atoms with Crippen molar-refractivity contribution in [1.82, 2.24) is 0 Å². The van der Waals surface area contributed by atoms with Gasteiger partial charge in [-0.05, 0) is 48.2 Å². The Kier molecular flexibility index (Phi) is 6.32. The van der Waals surface area contributed by atoms with Crippen LogP contribution in [-0.4, -0.2) is 39.2 Å². The lowest BCUT2D eigenvalue weighted by Gasteiger charge is -2.29. The number of benzene rings is 2. The molecule has 6 heteroatoms. The molecule has 0 N–H and O–H groups in total. The van der Waals surface area contributed by atoms with Crippen molar-refractivity contribution >= 4 is 23.6 Å². The normalized spacial score (nSPS) is 13.1. The molecule has 1 heterocycles. The minimum Gasteiger partial charge on any atom is -0.497 e. The Morgan fingerprint density at radius 3 is 2.50 bits per heavy atom. The second kappa shape index (κ2) is 9.08. The first kappa shape index (κ1) is 19.5. The highest BCUT2D eigenvalue weighted by molar-refractivity contribution is 5.97. The summed E-state index contributed by atoms with van der Waals surface area (Å²) in [6, 6.07) is 13.1. The van der Waals surface area contributed by atoms with Crippen molar-refractivity contribution in [1.29, 1.82) is 0 Å². The van der Waals surface area contributed by atoms with Crippen molar-refractivity contribution in [2.24, 2.45) is 0 Å². The van der Waals surface area contributed by atoms with Gasteiger partial charge in [-0.3, -0.25) is 4.79 Å². The number of hydrogen-bond acceptors (Lipinski definition) is 5. The summed E-state index contributed by atoms with van der Waals surface area (Å²) in [6.45, 7) is 0.339. The van der Waals surface area contributed by atoms with E-state index >= 15 is 0 Å². The number of ether oxygens (including phenoxy) is 3. The minimum atomic E-state index is -0.583. The van der Waals surface area contributed by atoms with E-state index in [0.29, 0.717) is 18.0 Å².